The third-order valence-electron chi connectivity index (χ3n) is 2.61. The lowest BCUT2D eigenvalue weighted by Crippen LogP contribution is -2.31. The second kappa shape index (κ2) is 6.42. The predicted octanol–water partition coefficient (Wildman–Crippen LogP) is 2.32. The molecule has 1 aromatic carbocycles. The second-order valence-corrected chi connectivity index (χ2v) is 4.23. The number of nitrogens with zero attached hydrogens (tertiary/aromatic N) is 1. The van der Waals surface area contributed by atoms with Gasteiger partial charge in [-0.2, -0.15) is 13.2 Å². The van der Waals surface area contributed by atoms with Crippen LogP contribution in [-0.4, -0.2) is 17.1 Å². The maximum Gasteiger partial charge on any atom is 0.416 e. The predicted molar refractivity (Wildman–Crippen MR) is 65.8 cm³/mol. The summed E-state index contributed by atoms with van der Waals surface area (Å²) in [6.45, 7) is 1.81. The smallest absolute Gasteiger partial charge is 0.409 e. The van der Waals surface area contributed by atoms with Crippen LogP contribution in [0.4, 0.5) is 13.2 Å². The average Bonchev–Trinajstić information content (AvgIpc) is 2.35. The van der Waals surface area contributed by atoms with Crippen LogP contribution < -0.4 is 11.1 Å². The van der Waals surface area contributed by atoms with Gasteiger partial charge in [0, 0.05) is 19.0 Å². The van der Waals surface area contributed by atoms with Crippen molar-refractivity contribution in [3.05, 3.63) is 35.4 Å². The zero-order valence-electron chi connectivity index (χ0n) is 10.4. The van der Waals surface area contributed by atoms with Crippen LogP contribution in [0.3, 0.4) is 0 Å². The summed E-state index contributed by atoms with van der Waals surface area (Å²) in [6, 6.07) is 5.18. The Labute approximate surface area is 109 Å². The monoisotopic (exact) mass is 275 g/mol. The first kappa shape index (κ1) is 15.3. The van der Waals surface area contributed by atoms with Gasteiger partial charge in [0.15, 0.2) is 0 Å². The molecule has 4 nitrogen and oxygen atoms in total. The summed E-state index contributed by atoms with van der Waals surface area (Å²) in [5.74, 6) is 0.0316. The second-order valence-electron chi connectivity index (χ2n) is 4.23. The minimum atomic E-state index is -4.37. The van der Waals surface area contributed by atoms with Crippen molar-refractivity contribution in [1.29, 1.82) is 0 Å². The molecule has 7 heteroatoms. The lowest BCUT2D eigenvalue weighted by molar-refractivity contribution is -0.138. The van der Waals surface area contributed by atoms with E-state index in [-0.39, 0.29) is 30.4 Å². The molecular formula is C12H16F3N3O. The molecule has 1 unspecified atom stereocenters. The Kier molecular flexibility index (Phi) is 5.17. The van der Waals surface area contributed by atoms with Gasteiger partial charge in [-0.05, 0) is 18.6 Å². The number of hydrogen-bond acceptors (Lipinski definition) is 3. The molecule has 0 saturated heterocycles. The molecule has 0 radical (unpaired) electrons. The molecule has 0 heterocycles. The summed E-state index contributed by atoms with van der Waals surface area (Å²) >= 11 is 0. The van der Waals surface area contributed by atoms with Gasteiger partial charge in [-0.15, -0.1) is 0 Å². The quantitative estimate of drug-likeness (QED) is 0.334. The molecule has 106 valence electrons. The number of alkyl halides is 3. The fourth-order valence-electron chi connectivity index (χ4n) is 1.66. The fraction of sp³-hybridized carbons (Fsp3) is 0.417. The van der Waals surface area contributed by atoms with Gasteiger partial charge in [-0.1, -0.05) is 23.4 Å². The Bertz CT molecular complexity index is 446. The van der Waals surface area contributed by atoms with Crippen molar-refractivity contribution in [2.45, 2.75) is 32.1 Å². The Balaban J connectivity index is 2.68. The van der Waals surface area contributed by atoms with E-state index in [1.165, 1.54) is 12.1 Å². The summed E-state index contributed by atoms with van der Waals surface area (Å²) < 4.78 is 38.2. The van der Waals surface area contributed by atoms with Gasteiger partial charge in [-0.3, -0.25) is 0 Å². The molecular weight excluding hydrogens is 259 g/mol. The van der Waals surface area contributed by atoms with Crippen molar-refractivity contribution in [2.24, 2.45) is 10.9 Å². The van der Waals surface area contributed by atoms with E-state index in [2.05, 4.69) is 10.5 Å². The maximum atomic E-state index is 12.7. The minimum absolute atomic E-state index is 0.0316. The molecule has 0 fully saturated rings. The summed E-state index contributed by atoms with van der Waals surface area (Å²) in [6.07, 6.45) is -4.11. The molecule has 19 heavy (non-hydrogen) atoms. The van der Waals surface area contributed by atoms with Crippen molar-refractivity contribution < 1.29 is 18.4 Å². The fourth-order valence-corrected chi connectivity index (χ4v) is 1.66. The number of amidine groups is 1. The number of rotatable bonds is 5. The highest BCUT2D eigenvalue weighted by molar-refractivity contribution is 5.80. The standard InChI is InChI=1S/C12H16F3N3O/c1-8(6-11(16)18-19)17-7-9-4-2-3-5-10(9)12(13,14)15/h2-5,8,17,19H,6-7H2,1H3,(H2,16,18). The van der Waals surface area contributed by atoms with E-state index in [4.69, 9.17) is 10.9 Å². The highest BCUT2D eigenvalue weighted by atomic mass is 19.4. The van der Waals surface area contributed by atoms with Crippen LogP contribution in [0.15, 0.2) is 29.4 Å². The number of oxime groups is 1. The molecule has 0 aliphatic carbocycles. The number of nitrogens with two attached hydrogens (primary N) is 1. The normalized spacial score (nSPS) is 14.4. The average molecular weight is 275 g/mol. The van der Waals surface area contributed by atoms with Crippen LogP contribution in [0.1, 0.15) is 24.5 Å². The molecule has 1 atom stereocenters. The molecule has 1 rings (SSSR count). The summed E-state index contributed by atoms with van der Waals surface area (Å²) in [5, 5.41) is 14.1. The van der Waals surface area contributed by atoms with E-state index in [0.717, 1.165) is 6.07 Å². The molecule has 0 amide bonds. The molecule has 4 N–H and O–H groups in total. The Hall–Kier alpha value is -1.76. The largest absolute Gasteiger partial charge is 0.416 e. The first-order valence-corrected chi connectivity index (χ1v) is 5.69. The number of hydrogen-bond donors (Lipinski definition) is 3. The van der Waals surface area contributed by atoms with E-state index in [0.29, 0.717) is 0 Å². The van der Waals surface area contributed by atoms with Crippen molar-refractivity contribution in [1.82, 2.24) is 5.32 Å². The molecule has 0 aromatic heterocycles. The third-order valence-corrected chi connectivity index (χ3v) is 2.61. The topological polar surface area (TPSA) is 70.6 Å². The van der Waals surface area contributed by atoms with Gasteiger partial charge in [0.2, 0.25) is 0 Å². The summed E-state index contributed by atoms with van der Waals surface area (Å²) in [4.78, 5) is 0. The summed E-state index contributed by atoms with van der Waals surface area (Å²) in [7, 11) is 0. The van der Waals surface area contributed by atoms with Crippen molar-refractivity contribution >= 4 is 5.84 Å². The zero-order chi connectivity index (χ0) is 14.5. The van der Waals surface area contributed by atoms with Crippen LogP contribution in [0.2, 0.25) is 0 Å². The van der Waals surface area contributed by atoms with Crippen molar-refractivity contribution in [2.75, 3.05) is 0 Å². The molecule has 0 aliphatic heterocycles. The Morgan fingerprint density at radius 3 is 2.63 bits per heavy atom. The van der Waals surface area contributed by atoms with Gasteiger partial charge in [0.05, 0.1) is 5.56 Å². The molecule has 1 aromatic rings. The van der Waals surface area contributed by atoms with Gasteiger partial charge < -0.3 is 16.3 Å². The molecule has 0 aliphatic rings. The van der Waals surface area contributed by atoms with Crippen molar-refractivity contribution in [3.8, 4) is 0 Å². The summed E-state index contributed by atoms with van der Waals surface area (Å²) in [5.41, 5.74) is 4.84. The van der Waals surface area contributed by atoms with Gasteiger partial charge in [0.1, 0.15) is 5.84 Å². The van der Waals surface area contributed by atoms with E-state index in [1.54, 1.807) is 13.0 Å². The van der Waals surface area contributed by atoms with E-state index in [1.807, 2.05) is 0 Å². The lowest BCUT2D eigenvalue weighted by Gasteiger charge is -2.16. The van der Waals surface area contributed by atoms with Crippen molar-refractivity contribution in [3.63, 3.8) is 0 Å². The minimum Gasteiger partial charge on any atom is -0.409 e. The van der Waals surface area contributed by atoms with E-state index < -0.39 is 11.7 Å². The van der Waals surface area contributed by atoms with Crippen LogP contribution in [0.25, 0.3) is 0 Å². The zero-order valence-corrected chi connectivity index (χ0v) is 10.4. The number of halogens is 3. The van der Waals surface area contributed by atoms with Crippen LogP contribution in [0.5, 0.6) is 0 Å². The first-order chi connectivity index (χ1) is 8.84. The van der Waals surface area contributed by atoms with Gasteiger partial charge in [-0.25, -0.2) is 0 Å². The van der Waals surface area contributed by atoms with Crippen LogP contribution in [-0.2, 0) is 12.7 Å². The highest BCUT2D eigenvalue weighted by Gasteiger charge is 2.32. The first-order valence-electron chi connectivity index (χ1n) is 5.69. The SMILES string of the molecule is CC(CC(N)=NO)NCc1ccccc1C(F)(F)F. The van der Waals surface area contributed by atoms with E-state index >= 15 is 0 Å². The lowest BCUT2D eigenvalue weighted by atomic mass is 10.1. The molecule has 0 spiro atoms. The molecule has 0 saturated carbocycles. The number of benzene rings is 1. The Morgan fingerprint density at radius 1 is 1.42 bits per heavy atom. The van der Waals surface area contributed by atoms with Gasteiger partial charge >= 0.3 is 6.18 Å². The van der Waals surface area contributed by atoms with E-state index in [9.17, 15) is 13.2 Å². The van der Waals surface area contributed by atoms with Crippen LogP contribution in [0, 0.1) is 0 Å². The highest BCUT2D eigenvalue weighted by Crippen LogP contribution is 2.31. The number of nitrogens with one attached hydrogen (secondary N) is 1. The Morgan fingerprint density at radius 2 is 2.05 bits per heavy atom. The third kappa shape index (κ3) is 4.78. The van der Waals surface area contributed by atoms with Gasteiger partial charge in [0.25, 0.3) is 0 Å². The van der Waals surface area contributed by atoms with Crippen LogP contribution >= 0.6 is 0 Å². The maximum absolute atomic E-state index is 12.7. The molecule has 0 bridgehead atoms.